The lowest BCUT2D eigenvalue weighted by Gasteiger charge is -2.26. The zero-order valence-corrected chi connectivity index (χ0v) is 29.4. The van der Waals surface area contributed by atoms with E-state index in [1.807, 2.05) is 13.8 Å². The Morgan fingerprint density at radius 1 is 0.863 bits per heavy atom. The molecule has 0 aliphatic heterocycles. The van der Waals surface area contributed by atoms with Crippen LogP contribution in [0.5, 0.6) is 17.2 Å². The summed E-state index contributed by atoms with van der Waals surface area (Å²) in [6.07, 6.45) is -8.05. The van der Waals surface area contributed by atoms with Gasteiger partial charge in [-0.2, -0.15) is 13.2 Å². The number of carbonyl (C=O) groups is 4. The van der Waals surface area contributed by atoms with Crippen LogP contribution in [-0.2, 0) is 37.0 Å². The monoisotopic (exact) mass is 717 g/mol. The van der Waals surface area contributed by atoms with Crippen molar-refractivity contribution in [1.29, 1.82) is 0 Å². The van der Waals surface area contributed by atoms with Crippen LogP contribution in [-0.4, -0.2) is 53.4 Å². The molecule has 0 aromatic heterocycles. The van der Waals surface area contributed by atoms with Crippen LogP contribution in [0.25, 0.3) is 0 Å². The second-order valence-corrected chi connectivity index (χ2v) is 12.4. The summed E-state index contributed by atoms with van der Waals surface area (Å²) in [5.41, 5.74) is 0.829. The average Bonchev–Trinajstić information content (AvgIpc) is 3.02. The molecule has 0 saturated carbocycles. The third-order valence-corrected chi connectivity index (χ3v) is 6.41. The Labute approximate surface area is 294 Å². The van der Waals surface area contributed by atoms with Crippen molar-refractivity contribution in [3.63, 3.8) is 0 Å². The molecule has 0 bridgehead atoms. The quantitative estimate of drug-likeness (QED) is 0.178. The molecule has 3 aromatic carbocycles. The minimum Gasteiger partial charge on any atom is -0.490 e. The summed E-state index contributed by atoms with van der Waals surface area (Å²) < 4.78 is 61.8. The number of ether oxygens (including phenoxy) is 4. The van der Waals surface area contributed by atoms with Gasteiger partial charge < -0.3 is 34.4 Å². The van der Waals surface area contributed by atoms with Crippen LogP contribution < -0.4 is 24.8 Å². The summed E-state index contributed by atoms with van der Waals surface area (Å²) in [5, 5.41) is 5.71. The van der Waals surface area contributed by atoms with E-state index in [9.17, 15) is 32.3 Å². The summed E-state index contributed by atoms with van der Waals surface area (Å²) in [5.74, 6) is -2.33. The van der Waals surface area contributed by atoms with Gasteiger partial charge in [0.1, 0.15) is 11.4 Å². The Bertz CT molecular complexity index is 1670. The van der Waals surface area contributed by atoms with E-state index < -0.39 is 42.4 Å². The Morgan fingerprint density at radius 3 is 2.14 bits per heavy atom. The highest BCUT2D eigenvalue weighted by Gasteiger charge is 2.44. The van der Waals surface area contributed by atoms with Crippen molar-refractivity contribution < 1.29 is 56.1 Å². The molecule has 15 heteroatoms. The predicted octanol–water partition coefficient (Wildman–Crippen LogP) is 7.03. The number of nitrogens with zero attached hydrogens (tertiary/aromatic N) is 1. The summed E-state index contributed by atoms with van der Waals surface area (Å²) in [4.78, 5) is 53.7. The minimum absolute atomic E-state index is 0.0923. The maximum absolute atomic E-state index is 13.7. The fraction of sp³-hybridized carbons (Fsp3) is 0.389. The minimum atomic E-state index is -5.36. The fourth-order valence-electron chi connectivity index (χ4n) is 4.40. The molecular formula is C36H42F3N3O9. The highest BCUT2D eigenvalue weighted by molar-refractivity contribution is 5.88. The van der Waals surface area contributed by atoms with Gasteiger partial charge in [-0.3, -0.25) is 9.59 Å². The lowest BCUT2D eigenvalue weighted by molar-refractivity contribution is -0.234. The smallest absolute Gasteiger partial charge is 0.490 e. The maximum Gasteiger partial charge on any atom is 0.493 e. The molecule has 2 N–H and O–H groups in total. The summed E-state index contributed by atoms with van der Waals surface area (Å²) in [6, 6.07) is 17.6. The summed E-state index contributed by atoms with van der Waals surface area (Å²) in [6.45, 7) is 11.2. The number of anilines is 1. The van der Waals surface area contributed by atoms with Gasteiger partial charge in [0.05, 0.1) is 19.3 Å². The van der Waals surface area contributed by atoms with Crippen molar-refractivity contribution in [2.24, 2.45) is 0 Å². The largest absolute Gasteiger partial charge is 0.493 e. The zero-order valence-electron chi connectivity index (χ0n) is 29.4. The van der Waals surface area contributed by atoms with Crippen molar-refractivity contribution in [2.45, 2.75) is 85.5 Å². The number of nitrogens with one attached hydrogen (secondary N) is 2. The molecule has 51 heavy (non-hydrogen) atoms. The van der Waals surface area contributed by atoms with Gasteiger partial charge in [-0.25, -0.2) is 9.59 Å². The van der Waals surface area contributed by atoms with Gasteiger partial charge in [0.25, 0.3) is 5.91 Å². The first kappa shape index (κ1) is 40.0. The van der Waals surface area contributed by atoms with E-state index in [4.69, 9.17) is 18.9 Å². The molecule has 0 aliphatic rings. The molecule has 3 aromatic rings. The van der Waals surface area contributed by atoms with Gasteiger partial charge >= 0.3 is 18.2 Å². The lowest BCUT2D eigenvalue weighted by atomic mass is 10.1. The normalized spacial score (nSPS) is 12.0. The van der Waals surface area contributed by atoms with Crippen LogP contribution in [0.1, 0.15) is 71.3 Å². The number of amides is 3. The zero-order chi connectivity index (χ0) is 37.9. The molecule has 0 saturated heterocycles. The van der Waals surface area contributed by atoms with Crippen molar-refractivity contribution in [3.05, 3.63) is 83.4 Å². The van der Waals surface area contributed by atoms with Crippen LogP contribution in [0.4, 0.5) is 23.7 Å². The van der Waals surface area contributed by atoms with Gasteiger partial charge in [-0.05, 0) is 89.1 Å². The highest BCUT2D eigenvalue weighted by atomic mass is 19.4. The predicted molar refractivity (Wildman–Crippen MR) is 180 cm³/mol. The Kier molecular flexibility index (Phi) is 13.7. The number of hydrogen-bond donors (Lipinski definition) is 2. The van der Waals surface area contributed by atoms with Crippen LogP contribution in [0.15, 0.2) is 66.7 Å². The van der Waals surface area contributed by atoms with E-state index >= 15 is 0 Å². The molecule has 0 fully saturated rings. The van der Waals surface area contributed by atoms with Gasteiger partial charge in [-0.15, -0.1) is 5.06 Å². The Balaban J connectivity index is 1.90. The average molecular weight is 718 g/mol. The number of hydrogen-bond acceptors (Lipinski definition) is 9. The fourth-order valence-corrected chi connectivity index (χ4v) is 4.40. The van der Waals surface area contributed by atoms with Gasteiger partial charge in [0.2, 0.25) is 12.0 Å². The SMILES string of the molecule is CCOc1cc(C(Oc2ccc(CN(OC(=O)C(F)(F)F)C(=O)OC(C)(C)C)cc2)C(=O)NCc2cccc(NC(C)=O)c2)ccc1OC(C)C. The van der Waals surface area contributed by atoms with Crippen molar-refractivity contribution >= 4 is 29.6 Å². The molecule has 3 amide bonds. The molecule has 12 nitrogen and oxygen atoms in total. The Hall–Kier alpha value is -5.47. The topological polar surface area (TPSA) is 142 Å². The molecule has 0 aliphatic carbocycles. The number of hydroxylamine groups is 2. The Morgan fingerprint density at radius 2 is 1.55 bits per heavy atom. The molecule has 0 heterocycles. The van der Waals surface area contributed by atoms with Crippen molar-refractivity contribution in [2.75, 3.05) is 11.9 Å². The lowest BCUT2D eigenvalue weighted by Crippen LogP contribution is -2.41. The van der Waals surface area contributed by atoms with Crippen LogP contribution in [0.2, 0.25) is 0 Å². The number of rotatable bonds is 13. The summed E-state index contributed by atoms with van der Waals surface area (Å²) >= 11 is 0. The third kappa shape index (κ3) is 13.1. The molecule has 3 rings (SSSR count). The number of alkyl halides is 3. The van der Waals surface area contributed by atoms with E-state index in [0.29, 0.717) is 34.9 Å². The van der Waals surface area contributed by atoms with Crippen molar-refractivity contribution in [3.8, 4) is 17.2 Å². The molecule has 1 unspecified atom stereocenters. The van der Waals surface area contributed by atoms with Gasteiger partial charge in [-0.1, -0.05) is 30.3 Å². The summed E-state index contributed by atoms with van der Waals surface area (Å²) in [7, 11) is 0. The number of carbonyl (C=O) groups excluding carboxylic acids is 4. The van der Waals surface area contributed by atoms with E-state index in [-0.39, 0.29) is 34.9 Å². The molecule has 1 atom stereocenters. The number of halogens is 3. The molecule has 0 spiro atoms. The number of benzene rings is 3. The molecule has 0 radical (unpaired) electrons. The van der Waals surface area contributed by atoms with E-state index in [1.165, 1.54) is 52.0 Å². The second kappa shape index (κ2) is 17.5. The van der Waals surface area contributed by atoms with E-state index in [1.54, 1.807) is 49.4 Å². The van der Waals surface area contributed by atoms with Crippen LogP contribution >= 0.6 is 0 Å². The van der Waals surface area contributed by atoms with Crippen LogP contribution in [0.3, 0.4) is 0 Å². The first-order chi connectivity index (χ1) is 23.8. The third-order valence-electron chi connectivity index (χ3n) is 6.41. The first-order valence-corrected chi connectivity index (χ1v) is 16.0. The highest BCUT2D eigenvalue weighted by Crippen LogP contribution is 2.34. The van der Waals surface area contributed by atoms with Crippen molar-refractivity contribution in [1.82, 2.24) is 10.4 Å². The van der Waals surface area contributed by atoms with E-state index in [2.05, 4.69) is 15.5 Å². The second-order valence-electron chi connectivity index (χ2n) is 12.4. The molecular weight excluding hydrogens is 675 g/mol. The first-order valence-electron chi connectivity index (χ1n) is 16.0. The molecule has 276 valence electrons. The standard InChI is InChI=1S/C36H42F3N3O9/c1-8-47-30-19-26(14-17-29(30)48-22(2)3)31(32(44)40-20-25-10-9-11-27(18-25)41-23(4)43)49-28-15-12-24(13-16-28)21-42(34(46)50-35(5,6)7)51-33(45)36(37,38)39/h9-19,22,31H,8,20-21H2,1-7H3,(H,40,44)(H,41,43). The van der Waals surface area contributed by atoms with Crippen LogP contribution in [0, 0.1) is 0 Å². The van der Waals surface area contributed by atoms with Gasteiger partial charge in [0.15, 0.2) is 11.5 Å². The maximum atomic E-state index is 13.7. The van der Waals surface area contributed by atoms with Gasteiger partial charge in [0, 0.05) is 24.7 Å². The van der Waals surface area contributed by atoms with E-state index in [0.717, 1.165) is 0 Å².